The molecule has 1 unspecified atom stereocenters. The van der Waals surface area contributed by atoms with E-state index in [9.17, 15) is 5.11 Å². The minimum Gasteiger partial charge on any atom is -0.504 e. The lowest BCUT2D eigenvalue weighted by Gasteiger charge is -2.52. The Kier molecular flexibility index (Phi) is 2.22. The molecule has 1 saturated heterocycles. The Morgan fingerprint density at radius 1 is 1.36 bits per heavy atom. The van der Waals surface area contributed by atoms with E-state index in [-0.39, 0.29) is 17.3 Å². The Balaban J connectivity index is 1.86. The molecule has 1 fully saturated rings. The molecule has 22 heavy (non-hydrogen) atoms. The third kappa shape index (κ3) is 1.20. The number of hydrogen-bond donors (Lipinski definition) is 1. The molecule has 1 N–H and O–H groups in total. The number of aromatic hydroxyl groups is 1. The molecule has 0 aromatic heterocycles. The standard InChI is InChI=1S/C18H19NO3/c1-19-8-7-18-11-4-6-14(21-2)17(18)22-16-13(20)5-3-10(15(16)18)9-12(11)19/h3-6,12,17,20H,7-9H2,1-2H3/t12-,17+,18?/m0/s1. The number of allylic oxidation sites excluding steroid dienone is 2. The van der Waals surface area contributed by atoms with Crippen LogP contribution in [0, 0.1) is 0 Å². The molecule has 1 spiro atoms. The zero-order valence-electron chi connectivity index (χ0n) is 12.8. The highest BCUT2D eigenvalue weighted by Gasteiger charge is 2.61. The first-order valence-corrected chi connectivity index (χ1v) is 7.85. The zero-order chi connectivity index (χ0) is 15.1. The highest BCUT2D eigenvalue weighted by Crippen LogP contribution is 2.62. The molecule has 1 aromatic rings. The average molecular weight is 297 g/mol. The molecule has 0 radical (unpaired) electrons. The Bertz CT molecular complexity index is 751. The molecule has 0 saturated carbocycles. The fourth-order valence-corrected chi connectivity index (χ4v) is 4.95. The van der Waals surface area contributed by atoms with Crippen molar-refractivity contribution in [2.45, 2.75) is 30.4 Å². The smallest absolute Gasteiger partial charge is 0.169 e. The van der Waals surface area contributed by atoms with Gasteiger partial charge in [0.15, 0.2) is 17.6 Å². The molecule has 4 heteroatoms. The molecular formula is C18H19NO3. The number of benzene rings is 1. The maximum absolute atomic E-state index is 10.3. The van der Waals surface area contributed by atoms with Crippen molar-refractivity contribution in [1.82, 2.24) is 4.90 Å². The Labute approximate surface area is 129 Å². The summed E-state index contributed by atoms with van der Waals surface area (Å²) in [6.45, 7) is 1.04. The number of piperidine rings is 1. The summed E-state index contributed by atoms with van der Waals surface area (Å²) in [7, 11) is 3.90. The number of ether oxygens (including phenoxy) is 2. The lowest BCUT2D eigenvalue weighted by Crippen LogP contribution is -2.58. The lowest BCUT2D eigenvalue weighted by molar-refractivity contribution is 0.0735. The molecule has 2 heterocycles. The summed E-state index contributed by atoms with van der Waals surface area (Å²) in [6.07, 6.45) is 6.11. The first-order chi connectivity index (χ1) is 10.7. The van der Waals surface area contributed by atoms with Crippen molar-refractivity contribution < 1.29 is 14.6 Å². The summed E-state index contributed by atoms with van der Waals surface area (Å²) in [5.74, 6) is 1.77. The van der Waals surface area contributed by atoms with Crippen LogP contribution in [-0.2, 0) is 16.6 Å². The van der Waals surface area contributed by atoms with Crippen molar-refractivity contribution in [2.75, 3.05) is 20.7 Å². The molecule has 4 aliphatic rings. The maximum Gasteiger partial charge on any atom is 0.169 e. The van der Waals surface area contributed by atoms with Crippen LogP contribution in [0.2, 0.25) is 0 Å². The number of likely N-dealkylation sites (tertiary alicyclic amines) is 1. The first-order valence-electron chi connectivity index (χ1n) is 7.85. The second kappa shape index (κ2) is 3.87. The molecule has 2 bridgehead atoms. The van der Waals surface area contributed by atoms with E-state index in [4.69, 9.17) is 9.47 Å². The van der Waals surface area contributed by atoms with Crippen LogP contribution in [0.5, 0.6) is 11.5 Å². The molecular weight excluding hydrogens is 278 g/mol. The number of nitrogens with zero attached hydrogens (tertiary/aromatic N) is 1. The van der Waals surface area contributed by atoms with Gasteiger partial charge in [-0.1, -0.05) is 12.1 Å². The Morgan fingerprint density at radius 2 is 2.23 bits per heavy atom. The van der Waals surface area contributed by atoms with Crippen LogP contribution in [0.25, 0.3) is 0 Å². The topological polar surface area (TPSA) is 41.9 Å². The van der Waals surface area contributed by atoms with Gasteiger partial charge in [-0.3, -0.25) is 4.90 Å². The largest absolute Gasteiger partial charge is 0.504 e. The van der Waals surface area contributed by atoms with Crippen molar-refractivity contribution >= 4 is 0 Å². The Hall–Kier alpha value is -1.94. The van der Waals surface area contributed by atoms with E-state index in [1.807, 2.05) is 6.08 Å². The minimum atomic E-state index is -0.154. The third-order valence-corrected chi connectivity index (χ3v) is 5.95. The molecule has 2 aliphatic heterocycles. The normalized spacial score (nSPS) is 34.5. The number of likely N-dealkylation sites (N-methyl/N-ethyl adjacent to an activating group) is 1. The van der Waals surface area contributed by atoms with Gasteiger partial charge in [0.25, 0.3) is 0 Å². The van der Waals surface area contributed by atoms with Crippen molar-refractivity contribution in [1.29, 1.82) is 0 Å². The van der Waals surface area contributed by atoms with E-state index in [1.54, 1.807) is 13.2 Å². The second-order valence-corrected chi connectivity index (χ2v) is 6.76. The highest BCUT2D eigenvalue weighted by atomic mass is 16.5. The van der Waals surface area contributed by atoms with Gasteiger partial charge in [0, 0.05) is 11.6 Å². The Morgan fingerprint density at radius 3 is 3.05 bits per heavy atom. The fraction of sp³-hybridized carbons (Fsp3) is 0.444. The number of hydrogen-bond acceptors (Lipinski definition) is 4. The summed E-state index contributed by atoms with van der Waals surface area (Å²) in [5, 5.41) is 10.3. The van der Waals surface area contributed by atoms with E-state index < -0.39 is 0 Å². The number of phenolic OH excluding ortho intramolecular Hbond substituents is 1. The van der Waals surface area contributed by atoms with Crippen LogP contribution in [-0.4, -0.2) is 42.9 Å². The van der Waals surface area contributed by atoms with E-state index in [0.29, 0.717) is 11.8 Å². The van der Waals surface area contributed by atoms with E-state index >= 15 is 0 Å². The number of rotatable bonds is 1. The van der Waals surface area contributed by atoms with Gasteiger partial charge in [-0.25, -0.2) is 0 Å². The maximum atomic E-state index is 10.3. The summed E-state index contributed by atoms with van der Waals surface area (Å²) < 4.78 is 11.8. The second-order valence-electron chi connectivity index (χ2n) is 6.76. The molecule has 5 rings (SSSR count). The van der Waals surface area contributed by atoms with Gasteiger partial charge in [-0.05, 0) is 49.7 Å². The number of phenols is 1. The summed E-state index contributed by atoms with van der Waals surface area (Å²) in [4.78, 5) is 2.44. The summed E-state index contributed by atoms with van der Waals surface area (Å²) >= 11 is 0. The summed E-state index contributed by atoms with van der Waals surface area (Å²) in [5.41, 5.74) is 3.78. The lowest BCUT2D eigenvalue weighted by atomic mass is 9.57. The van der Waals surface area contributed by atoms with Gasteiger partial charge >= 0.3 is 0 Å². The van der Waals surface area contributed by atoms with Crippen LogP contribution in [0.3, 0.4) is 0 Å². The fourth-order valence-electron chi connectivity index (χ4n) is 4.95. The van der Waals surface area contributed by atoms with Gasteiger partial charge < -0.3 is 14.6 Å². The van der Waals surface area contributed by atoms with E-state index in [0.717, 1.165) is 25.1 Å². The quantitative estimate of drug-likeness (QED) is 0.862. The molecule has 2 aliphatic carbocycles. The van der Waals surface area contributed by atoms with Crippen molar-refractivity contribution in [3.05, 3.63) is 46.7 Å². The molecule has 114 valence electrons. The van der Waals surface area contributed by atoms with Crippen LogP contribution < -0.4 is 4.74 Å². The van der Waals surface area contributed by atoms with Gasteiger partial charge in [0.1, 0.15) is 5.76 Å². The van der Waals surface area contributed by atoms with E-state index in [1.165, 1.54) is 16.7 Å². The van der Waals surface area contributed by atoms with Gasteiger partial charge in [0.05, 0.1) is 12.5 Å². The van der Waals surface area contributed by atoms with Crippen molar-refractivity contribution in [3.8, 4) is 11.5 Å². The highest BCUT2D eigenvalue weighted by molar-refractivity contribution is 5.67. The van der Waals surface area contributed by atoms with Gasteiger partial charge in [-0.15, -0.1) is 0 Å². The first kappa shape index (κ1) is 12.6. The SMILES string of the molecule is COC1=CC=C2[C@@H]3Cc4ccc(O)c5c4C2(CCN3C)[C@@H]1O5. The van der Waals surface area contributed by atoms with Crippen molar-refractivity contribution in [3.63, 3.8) is 0 Å². The van der Waals surface area contributed by atoms with E-state index in [2.05, 4.69) is 24.1 Å². The zero-order valence-corrected chi connectivity index (χ0v) is 12.8. The van der Waals surface area contributed by atoms with Crippen LogP contribution >= 0.6 is 0 Å². The minimum absolute atomic E-state index is 0.143. The molecule has 1 aromatic carbocycles. The van der Waals surface area contributed by atoms with Gasteiger partial charge in [0.2, 0.25) is 0 Å². The molecule has 3 atom stereocenters. The predicted molar refractivity (Wildman–Crippen MR) is 82.1 cm³/mol. The average Bonchev–Trinajstić information content (AvgIpc) is 2.88. The molecule has 0 amide bonds. The summed E-state index contributed by atoms with van der Waals surface area (Å²) in [6, 6.07) is 4.25. The number of methoxy groups -OCH3 is 1. The van der Waals surface area contributed by atoms with Crippen LogP contribution in [0.1, 0.15) is 17.5 Å². The van der Waals surface area contributed by atoms with Gasteiger partial charge in [-0.2, -0.15) is 0 Å². The van der Waals surface area contributed by atoms with Crippen LogP contribution in [0.15, 0.2) is 35.6 Å². The predicted octanol–water partition coefficient (Wildman–Crippen LogP) is 2.12. The van der Waals surface area contributed by atoms with Crippen molar-refractivity contribution in [2.24, 2.45) is 0 Å². The third-order valence-electron chi connectivity index (χ3n) is 5.95. The molecule has 4 nitrogen and oxygen atoms in total. The monoisotopic (exact) mass is 297 g/mol. The van der Waals surface area contributed by atoms with Crippen LogP contribution in [0.4, 0.5) is 0 Å².